The summed E-state index contributed by atoms with van der Waals surface area (Å²) in [7, 11) is 3.47. The van der Waals surface area contributed by atoms with Gasteiger partial charge in [0.15, 0.2) is 26.7 Å². The first-order valence-electron chi connectivity index (χ1n) is 34.0. The van der Waals surface area contributed by atoms with Crippen LogP contribution < -0.4 is 0 Å². The average Bonchev–Trinajstić information content (AvgIpc) is 1.56. The van der Waals surface area contributed by atoms with Crippen LogP contribution in [0.15, 0.2) is 0 Å². The van der Waals surface area contributed by atoms with E-state index in [-0.39, 0.29) is 262 Å². The van der Waals surface area contributed by atoms with E-state index in [1.807, 2.05) is 28.1 Å². The number of likely N-dealkylation sites (tertiary alicyclic amines) is 1. The summed E-state index contributed by atoms with van der Waals surface area (Å²) in [5.74, 6) is -1.23. The smallest absolute Gasteiger partial charge is 0.463 e. The van der Waals surface area contributed by atoms with E-state index in [1.165, 1.54) is 27.7 Å². The number of phosphoric acid groups is 1. The second kappa shape index (κ2) is 208. The van der Waals surface area contributed by atoms with Crippen LogP contribution in [0.5, 0.6) is 0 Å². The molecule has 1 aliphatic heterocycles. The number of likely N-dealkylation sites (N-methyl/N-ethyl adjacent to an activating group) is 1. The van der Waals surface area contributed by atoms with E-state index < -0.39 is 162 Å². The summed E-state index contributed by atoms with van der Waals surface area (Å²) < 4.78 is 474. The van der Waals surface area contributed by atoms with Gasteiger partial charge in [-0.05, 0) is 73.6 Å². The largest absolute Gasteiger partial charge is 0.472 e. The summed E-state index contributed by atoms with van der Waals surface area (Å²) in [6.07, 6.45) is -22.8. The third-order valence-electron chi connectivity index (χ3n) is 8.79. The van der Waals surface area contributed by atoms with Crippen LogP contribution >= 0.6 is 7.82 Å². The van der Waals surface area contributed by atoms with Crippen molar-refractivity contribution in [3.05, 3.63) is 0 Å². The molecule has 1 aliphatic rings. The van der Waals surface area contributed by atoms with E-state index in [9.17, 15) is 199 Å². The molecule has 1 saturated heterocycles. The molecular weight excluding hydrogens is 2100 g/mol. The first kappa shape index (κ1) is 276. The molecule has 0 saturated carbocycles. The molecular formula is C87H214F40N2O15P+. The van der Waals surface area contributed by atoms with Crippen molar-refractivity contribution >= 4 is 25.7 Å². The number of carbonyl (C=O) groups excluding carboxylic acids is 3. The number of esters is 2. The molecule has 145 heavy (non-hydrogen) atoms. The zero-order valence-corrected chi connectivity index (χ0v) is 72.0. The van der Waals surface area contributed by atoms with Crippen LogP contribution in [-0.2, 0) is 61.2 Å². The van der Waals surface area contributed by atoms with Gasteiger partial charge in [-0.2, -0.15) is 52.7 Å². The van der Waals surface area contributed by atoms with Gasteiger partial charge in [-0.3, -0.25) is 58.6 Å². The van der Waals surface area contributed by atoms with Crippen LogP contribution in [-0.4, -0.2) is 330 Å². The number of nitrogens with zero attached hydrogens (tertiary/aromatic N) is 2. The van der Waals surface area contributed by atoms with Crippen molar-refractivity contribution in [2.45, 2.75) is 327 Å². The topological polar surface area (TPSA) is 195 Å². The Morgan fingerprint density at radius 1 is 0.386 bits per heavy atom. The number of amides is 1. The van der Waals surface area contributed by atoms with Gasteiger partial charge in [0.2, 0.25) is 59.1 Å². The molecule has 58 heteroatoms. The maximum Gasteiger partial charge on any atom is 0.472 e. The Kier molecular flexibility index (Phi) is 396. The van der Waals surface area contributed by atoms with Crippen LogP contribution in [0.4, 0.5) is 176 Å². The second-order valence-corrected chi connectivity index (χ2v) is 23.1. The fourth-order valence-electron chi connectivity index (χ4n) is 3.86. The van der Waals surface area contributed by atoms with Crippen molar-refractivity contribution in [1.82, 2.24) is 4.90 Å². The number of aliphatic hydroxyl groups excluding tert-OH is 1. The van der Waals surface area contributed by atoms with Gasteiger partial charge in [-0.15, -0.1) is 0 Å². The summed E-state index contributed by atoms with van der Waals surface area (Å²) in [6.45, 7) is -3.91. The highest BCUT2D eigenvalue weighted by Gasteiger charge is 2.34. The first-order chi connectivity index (χ1) is 56.7. The molecule has 17 nitrogen and oxygen atoms in total. The molecule has 0 radical (unpaired) electrons. The molecule has 946 valence electrons. The van der Waals surface area contributed by atoms with Gasteiger partial charge < -0.3 is 52.5 Å². The Hall–Kier alpha value is -4.56. The van der Waals surface area contributed by atoms with Crippen molar-refractivity contribution < 1.29 is 251 Å². The highest BCUT2D eigenvalue weighted by atomic mass is 31.2. The number of hydrogen-bond donors (Lipinski definition) is 2. The lowest BCUT2D eigenvalue weighted by molar-refractivity contribution is -0.870. The number of quaternary nitrogens is 1. The van der Waals surface area contributed by atoms with Crippen molar-refractivity contribution in [2.24, 2.45) is 10.8 Å². The third kappa shape index (κ3) is 353. The van der Waals surface area contributed by atoms with Gasteiger partial charge in [-0.1, -0.05) is 191 Å². The number of hydrogen-bond acceptors (Lipinski definition) is 14. The number of aliphatic hydroxyl groups is 1. The zero-order chi connectivity index (χ0) is 103. The summed E-state index contributed by atoms with van der Waals surface area (Å²) in [5.41, 5.74) is -2.25. The quantitative estimate of drug-likeness (QED) is 0.0154. The summed E-state index contributed by atoms with van der Waals surface area (Å²) in [6, 6.07) is -0.171. The van der Waals surface area contributed by atoms with Crippen LogP contribution in [0.1, 0.15) is 271 Å². The Bertz CT molecular complexity index is 1890. The molecule has 0 aromatic rings. The molecule has 1 rings (SSSR count). The molecule has 6 atom stereocenters. The van der Waals surface area contributed by atoms with Gasteiger partial charge in [0, 0.05) is 19.6 Å². The molecule has 1 heterocycles. The minimum atomic E-state index is -4.62. The monoisotopic (exact) mass is 2320 g/mol. The Morgan fingerprint density at radius 3 is 0.766 bits per heavy atom. The van der Waals surface area contributed by atoms with Crippen LogP contribution in [0.3, 0.4) is 0 Å². The molecule has 6 unspecified atom stereocenters. The zero-order valence-electron chi connectivity index (χ0n) is 71.1. The van der Waals surface area contributed by atoms with Crippen LogP contribution in [0.25, 0.3) is 0 Å². The first-order valence-corrected chi connectivity index (χ1v) is 35.5. The number of alkyl halides is 40. The Balaban J connectivity index is -0.0000000211. The van der Waals surface area contributed by atoms with Gasteiger partial charge >= 0.3 is 44.5 Å². The molecule has 0 aromatic carbocycles. The molecule has 1 fully saturated rings. The highest BCUT2D eigenvalue weighted by Crippen LogP contribution is 2.43. The molecule has 0 spiro atoms. The molecule has 2 N–H and O–H groups in total. The van der Waals surface area contributed by atoms with Gasteiger partial charge in [-0.25, -0.2) is 92.4 Å². The van der Waals surface area contributed by atoms with E-state index >= 15 is 0 Å². The maximum absolute atomic E-state index is 12.7. The molecule has 0 bridgehead atoms. The SMILES string of the molecule is C.C.C.C.C.C.C.C.C.C.C.C.C.C.C.C.C.C.C.C.C.C.CC(C)(COC(F)CF)C(=O)OCCOP(=O)(O)OCC[N+](C)(C)C.CC(COC(F)CF)N1CCCC1=O.CCCF.CCCF.CCCF.CCCF.CCOCOCCOC(=O)C(C)(C)COC(F)CF.CF.CF.CF.CF.FCC(F)(F)F.FCC(F)(F)F.FCC(F)(F)F.FCC(F)(F)F.FCF.FCF.FCF.FCF.OC(F)CF. The van der Waals surface area contributed by atoms with Crippen molar-refractivity contribution in [3.8, 4) is 0 Å². The lowest BCUT2D eigenvalue weighted by Crippen LogP contribution is -2.38. The number of phosphoric ester groups is 1. The summed E-state index contributed by atoms with van der Waals surface area (Å²) in [4.78, 5) is 45.8. The lowest BCUT2D eigenvalue weighted by atomic mass is 9.95. The van der Waals surface area contributed by atoms with E-state index in [2.05, 4.69) is 18.7 Å². The number of ether oxygens (including phenoxy) is 7. The Morgan fingerprint density at radius 2 is 0.593 bits per heavy atom. The Labute approximate surface area is 854 Å². The summed E-state index contributed by atoms with van der Waals surface area (Å²) >= 11 is 0. The van der Waals surface area contributed by atoms with E-state index in [0.29, 0.717) is 85.0 Å². The average molecular weight is 2320 g/mol. The van der Waals surface area contributed by atoms with E-state index in [4.69, 9.17) is 28.6 Å². The number of rotatable bonds is 34. The highest BCUT2D eigenvalue weighted by molar-refractivity contribution is 7.47. The van der Waals surface area contributed by atoms with E-state index in [1.54, 1.807) is 39.5 Å². The summed E-state index contributed by atoms with van der Waals surface area (Å²) in [5, 5.41) is 7.32. The second-order valence-electron chi connectivity index (χ2n) is 21.6. The van der Waals surface area contributed by atoms with E-state index in [0.717, 1.165) is 6.42 Å². The van der Waals surface area contributed by atoms with Crippen LogP contribution in [0, 0.1) is 10.8 Å². The molecule has 0 aromatic heterocycles. The standard InChI is InChI=1S/C14H28F2NO7P.C12H22F2O5.C9H15F2NO2.4C3H7F.4C2H2F4.C2H4F2O.4CH2F2.4CH3F.22CH4/c1-14(2,11-22-12(16)10-15)13(18)21-8-9-24-25(19,20)23-7-6-17(3,4)5;1-4-16-9-17-5-6-18-11(15)12(2,3)8-19-10(14)7-13;1-7(6-14-8(11)5-10)12-4-2-3-9(12)13;4*1-2-3-4;4*3-1-2(4,5)6;3-1-2(4)5;4*2-1-3;4*1-2;;;;;;;;;;;;;;;;;;;;;;/h12H,6-11H2,1-5H3;10H,4-9H2,1-3H3;7-8H,2-6H2,1H3;4*2-3H2,1H3;4*1H2;2,5H,1H2;4*1H2;4*1H3;22*1H4/p+1. The fraction of sp³-hybridized carbons (Fsp3) is 0.966. The number of carbonyl (C=O) groups is 3. The molecule has 0 aliphatic carbocycles. The van der Waals surface area contributed by atoms with Gasteiger partial charge in [0.1, 0.15) is 59.9 Å². The van der Waals surface area contributed by atoms with Crippen molar-refractivity contribution in [1.29, 1.82) is 0 Å². The third-order valence-corrected chi connectivity index (χ3v) is 9.81. The minimum absolute atomic E-state index is 0. The normalized spacial score (nSPS) is 10.6. The van der Waals surface area contributed by atoms with Crippen LogP contribution in [0.2, 0.25) is 0 Å². The van der Waals surface area contributed by atoms with Crippen molar-refractivity contribution in [3.63, 3.8) is 0 Å². The predicted molar refractivity (Wildman–Crippen MR) is 528 cm³/mol. The fourth-order valence-corrected chi connectivity index (χ4v) is 4.55. The predicted octanol–water partition coefficient (Wildman–Crippen LogP) is 36.5. The minimum Gasteiger partial charge on any atom is -0.463 e. The maximum atomic E-state index is 12.7. The van der Waals surface area contributed by atoms with Crippen molar-refractivity contribution in [2.75, 3.05) is 237 Å². The number of halogens is 40. The lowest BCUT2D eigenvalue weighted by Gasteiger charge is -2.24. The van der Waals surface area contributed by atoms with Gasteiger partial charge in [0.05, 0.1) is 126 Å². The molecule has 1 amide bonds. The van der Waals surface area contributed by atoms with Gasteiger partial charge in [0.25, 0.3) is 0 Å².